The number of methoxy groups -OCH3 is 2. The Balaban J connectivity index is 2.08. The number of H-pyrrole nitrogens is 1. The summed E-state index contributed by atoms with van der Waals surface area (Å²) >= 11 is 0. The topological polar surface area (TPSA) is 89.1 Å². The quantitative estimate of drug-likeness (QED) is 0.830. The molecule has 0 bridgehead atoms. The lowest BCUT2D eigenvalue weighted by Crippen LogP contribution is -2.23. The summed E-state index contributed by atoms with van der Waals surface area (Å²) < 4.78 is 10.4. The van der Waals surface area contributed by atoms with Crippen molar-refractivity contribution in [1.29, 1.82) is 0 Å². The van der Waals surface area contributed by atoms with Crippen LogP contribution in [0.25, 0.3) is 0 Å². The van der Waals surface area contributed by atoms with Crippen molar-refractivity contribution in [2.24, 2.45) is 0 Å². The average Bonchev–Trinajstić information content (AvgIpc) is 2.98. The number of ether oxygens (including phenoxy) is 2. The first kappa shape index (κ1) is 12.9. The molecule has 0 spiro atoms. The third-order valence-corrected chi connectivity index (χ3v) is 2.57. The van der Waals surface area contributed by atoms with E-state index in [0.717, 1.165) is 5.56 Å². The minimum absolute atomic E-state index is 0.238. The predicted octanol–water partition coefficient (Wildman–Crippen LogP) is 0.752. The van der Waals surface area contributed by atoms with Crippen LogP contribution < -0.4 is 14.8 Å². The minimum Gasteiger partial charge on any atom is -0.497 e. The van der Waals surface area contributed by atoms with Crippen molar-refractivity contribution in [1.82, 2.24) is 20.7 Å². The molecule has 19 heavy (non-hydrogen) atoms. The van der Waals surface area contributed by atoms with Crippen molar-refractivity contribution >= 4 is 5.91 Å². The minimum atomic E-state index is -0.307. The third-order valence-electron chi connectivity index (χ3n) is 2.57. The maximum absolute atomic E-state index is 11.7. The molecule has 0 atom stereocenters. The second-order valence-corrected chi connectivity index (χ2v) is 3.72. The zero-order chi connectivity index (χ0) is 13.7. The standard InChI is InChI=1S/C12H14N4O3/c1-18-9-3-4-11(19-2)8(5-9)6-13-12(17)10-7-14-16-15-10/h3-5,7H,6H2,1-2H3,(H,13,17)(H,14,15,16). The number of amides is 1. The van der Waals surface area contributed by atoms with Crippen LogP contribution in [0, 0.1) is 0 Å². The maximum atomic E-state index is 11.7. The number of benzene rings is 1. The molecule has 1 aromatic carbocycles. The van der Waals surface area contributed by atoms with Gasteiger partial charge < -0.3 is 14.8 Å². The van der Waals surface area contributed by atoms with E-state index in [1.54, 1.807) is 26.4 Å². The Morgan fingerprint density at radius 2 is 2.21 bits per heavy atom. The van der Waals surface area contributed by atoms with Crippen LogP contribution in [0.15, 0.2) is 24.4 Å². The summed E-state index contributed by atoms with van der Waals surface area (Å²) in [6, 6.07) is 5.39. The molecule has 1 aromatic heterocycles. The van der Waals surface area contributed by atoms with Crippen LogP contribution in [-0.2, 0) is 6.54 Å². The van der Waals surface area contributed by atoms with Crippen molar-refractivity contribution in [2.45, 2.75) is 6.54 Å². The Morgan fingerprint density at radius 3 is 2.84 bits per heavy atom. The fourth-order valence-corrected chi connectivity index (χ4v) is 1.60. The Hall–Kier alpha value is -2.57. The average molecular weight is 262 g/mol. The summed E-state index contributed by atoms with van der Waals surface area (Å²) in [5.41, 5.74) is 1.06. The number of rotatable bonds is 5. The molecule has 0 aliphatic carbocycles. The Kier molecular flexibility index (Phi) is 3.97. The summed E-state index contributed by atoms with van der Waals surface area (Å²) in [6.45, 7) is 0.312. The Labute approximate surface area is 109 Å². The number of nitrogens with zero attached hydrogens (tertiary/aromatic N) is 2. The van der Waals surface area contributed by atoms with E-state index in [2.05, 4.69) is 20.7 Å². The van der Waals surface area contributed by atoms with Crippen LogP contribution >= 0.6 is 0 Å². The highest BCUT2D eigenvalue weighted by Crippen LogP contribution is 2.23. The van der Waals surface area contributed by atoms with Crippen molar-refractivity contribution in [2.75, 3.05) is 14.2 Å². The summed E-state index contributed by atoms with van der Waals surface area (Å²) in [7, 11) is 3.16. The van der Waals surface area contributed by atoms with Crippen LogP contribution in [0.3, 0.4) is 0 Å². The van der Waals surface area contributed by atoms with Crippen molar-refractivity contribution in [3.8, 4) is 11.5 Å². The highest BCUT2D eigenvalue weighted by molar-refractivity contribution is 5.91. The normalized spacial score (nSPS) is 10.0. The molecular weight excluding hydrogens is 248 g/mol. The first-order valence-electron chi connectivity index (χ1n) is 5.59. The van der Waals surface area contributed by atoms with Gasteiger partial charge in [0.25, 0.3) is 5.91 Å². The number of hydrogen-bond donors (Lipinski definition) is 2. The molecule has 7 heteroatoms. The molecule has 0 aliphatic rings. The SMILES string of the molecule is COc1ccc(OC)c(CNC(=O)c2cn[nH]n2)c1. The number of aromatic amines is 1. The van der Waals surface area contributed by atoms with Gasteiger partial charge in [-0.3, -0.25) is 4.79 Å². The summed E-state index contributed by atoms with van der Waals surface area (Å²) in [5, 5.41) is 12.4. The molecule has 0 unspecified atom stereocenters. The first-order chi connectivity index (χ1) is 9.24. The fourth-order valence-electron chi connectivity index (χ4n) is 1.60. The second-order valence-electron chi connectivity index (χ2n) is 3.72. The molecule has 0 saturated heterocycles. The zero-order valence-electron chi connectivity index (χ0n) is 10.6. The Bertz CT molecular complexity index is 554. The number of carbonyl (C=O) groups excluding carboxylic acids is 1. The van der Waals surface area contributed by atoms with Gasteiger partial charge in [-0.05, 0) is 18.2 Å². The van der Waals surface area contributed by atoms with Gasteiger partial charge in [-0.15, -0.1) is 0 Å². The highest BCUT2D eigenvalue weighted by Gasteiger charge is 2.10. The molecule has 2 rings (SSSR count). The maximum Gasteiger partial charge on any atom is 0.273 e. The summed E-state index contributed by atoms with van der Waals surface area (Å²) in [5.74, 6) is 1.08. The van der Waals surface area contributed by atoms with Crippen LogP contribution in [0.5, 0.6) is 11.5 Å². The number of aromatic nitrogens is 3. The summed E-state index contributed by atoms with van der Waals surface area (Å²) in [6.07, 6.45) is 1.36. The van der Waals surface area contributed by atoms with Crippen molar-refractivity contribution < 1.29 is 14.3 Å². The molecule has 7 nitrogen and oxygen atoms in total. The lowest BCUT2D eigenvalue weighted by atomic mass is 10.2. The lowest BCUT2D eigenvalue weighted by Gasteiger charge is -2.10. The van der Waals surface area contributed by atoms with Gasteiger partial charge in [0.15, 0.2) is 5.69 Å². The molecule has 2 aromatic rings. The van der Waals surface area contributed by atoms with E-state index >= 15 is 0 Å². The monoisotopic (exact) mass is 262 g/mol. The van der Waals surface area contributed by atoms with E-state index in [1.165, 1.54) is 6.20 Å². The number of carbonyl (C=O) groups is 1. The Morgan fingerprint density at radius 1 is 1.37 bits per heavy atom. The van der Waals surface area contributed by atoms with Gasteiger partial charge in [-0.25, -0.2) is 0 Å². The van der Waals surface area contributed by atoms with Crippen LogP contribution in [0.2, 0.25) is 0 Å². The lowest BCUT2D eigenvalue weighted by molar-refractivity contribution is 0.0945. The van der Waals surface area contributed by atoms with Gasteiger partial charge in [-0.1, -0.05) is 0 Å². The zero-order valence-corrected chi connectivity index (χ0v) is 10.6. The molecule has 1 amide bonds. The van der Waals surface area contributed by atoms with Gasteiger partial charge in [0.05, 0.1) is 20.4 Å². The number of hydrogen-bond acceptors (Lipinski definition) is 5. The highest BCUT2D eigenvalue weighted by atomic mass is 16.5. The fraction of sp³-hybridized carbons (Fsp3) is 0.250. The van der Waals surface area contributed by atoms with Gasteiger partial charge in [0.1, 0.15) is 11.5 Å². The smallest absolute Gasteiger partial charge is 0.273 e. The molecule has 0 saturated carbocycles. The molecule has 1 heterocycles. The summed E-state index contributed by atoms with van der Waals surface area (Å²) in [4.78, 5) is 11.7. The van der Waals surface area contributed by atoms with Gasteiger partial charge in [-0.2, -0.15) is 15.4 Å². The van der Waals surface area contributed by atoms with Crippen LogP contribution in [0.1, 0.15) is 16.1 Å². The third kappa shape index (κ3) is 3.01. The van der Waals surface area contributed by atoms with Gasteiger partial charge in [0.2, 0.25) is 0 Å². The number of nitrogens with one attached hydrogen (secondary N) is 2. The largest absolute Gasteiger partial charge is 0.497 e. The first-order valence-corrected chi connectivity index (χ1v) is 5.59. The van der Waals surface area contributed by atoms with E-state index < -0.39 is 0 Å². The van der Waals surface area contributed by atoms with E-state index in [0.29, 0.717) is 18.0 Å². The van der Waals surface area contributed by atoms with Crippen molar-refractivity contribution in [3.63, 3.8) is 0 Å². The second kappa shape index (κ2) is 5.85. The molecule has 2 N–H and O–H groups in total. The van der Waals surface area contributed by atoms with E-state index in [1.807, 2.05) is 6.07 Å². The molecule has 0 fully saturated rings. The van der Waals surface area contributed by atoms with Crippen LogP contribution in [-0.4, -0.2) is 35.5 Å². The van der Waals surface area contributed by atoms with Gasteiger partial charge in [0, 0.05) is 12.1 Å². The van der Waals surface area contributed by atoms with E-state index in [4.69, 9.17) is 9.47 Å². The molecule has 100 valence electrons. The molecule has 0 radical (unpaired) electrons. The van der Waals surface area contributed by atoms with E-state index in [9.17, 15) is 4.79 Å². The molecule has 0 aliphatic heterocycles. The van der Waals surface area contributed by atoms with Gasteiger partial charge >= 0.3 is 0 Å². The van der Waals surface area contributed by atoms with Crippen LogP contribution in [0.4, 0.5) is 0 Å². The predicted molar refractivity (Wildman–Crippen MR) is 67.1 cm³/mol. The van der Waals surface area contributed by atoms with E-state index in [-0.39, 0.29) is 11.6 Å². The van der Waals surface area contributed by atoms with Crippen molar-refractivity contribution in [3.05, 3.63) is 35.7 Å². The molecular formula is C12H14N4O3.